The van der Waals surface area contributed by atoms with Gasteiger partial charge in [0.2, 0.25) is 0 Å². The first-order valence-corrected chi connectivity index (χ1v) is 3.38. The third kappa shape index (κ3) is 4.01. The first-order valence-electron chi connectivity index (χ1n) is 3.38. The van der Waals surface area contributed by atoms with Crippen molar-refractivity contribution in [3.8, 4) is 0 Å². The molecule has 0 saturated carbocycles. The molecule has 0 spiro atoms. The number of nitrogens with zero attached hydrogens (tertiary/aromatic N) is 2. The van der Waals surface area contributed by atoms with E-state index in [4.69, 9.17) is 0 Å². The Morgan fingerprint density at radius 3 is 2.56 bits per heavy atom. The molecule has 0 fully saturated rings. The fourth-order valence-electron chi connectivity index (χ4n) is 0.638. The van der Waals surface area contributed by atoms with E-state index in [1.54, 1.807) is 0 Å². The van der Waals surface area contributed by atoms with Crippen LogP contribution in [0.15, 0.2) is 5.10 Å². The summed E-state index contributed by atoms with van der Waals surface area (Å²) in [5.41, 5.74) is 0. The van der Waals surface area contributed by atoms with Gasteiger partial charge in [0.25, 0.3) is 0 Å². The van der Waals surface area contributed by atoms with E-state index in [9.17, 15) is 0 Å². The lowest BCUT2D eigenvalue weighted by Crippen LogP contribution is -2.17. The summed E-state index contributed by atoms with van der Waals surface area (Å²) in [5.74, 6) is 0.723. The molecule has 0 aliphatic rings. The summed E-state index contributed by atoms with van der Waals surface area (Å²) in [4.78, 5) is 0. The van der Waals surface area contributed by atoms with Crippen LogP contribution in [0.3, 0.4) is 0 Å². The maximum atomic E-state index is 3.76. The zero-order chi connectivity index (χ0) is 7.28. The Balaban J connectivity index is 3.33. The van der Waals surface area contributed by atoms with E-state index in [-0.39, 0.29) is 0 Å². The third-order valence-electron chi connectivity index (χ3n) is 1.51. The van der Waals surface area contributed by atoms with Crippen molar-refractivity contribution in [3.05, 3.63) is 0 Å². The standard InChI is InChI=1S/C7H16N2/c1-5-7(2)6-9(4)8-3/h7H,3,5-6H2,1-2,4H3. The maximum Gasteiger partial charge on any atom is 0.0382 e. The number of rotatable bonds is 4. The highest BCUT2D eigenvalue weighted by atomic mass is 15.4. The van der Waals surface area contributed by atoms with Crippen molar-refractivity contribution in [2.75, 3.05) is 13.6 Å². The van der Waals surface area contributed by atoms with Gasteiger partial charge in [-0.05, 0) is 5.92 Å². The highest BCUT2D eigenvalue weighted by Gasteiger charge is 1.99. The predicted molar refractivity (Wildman–Crippen MR) is 41.6 cm³/mol. The molecule has 0 bridgehead atoms. The highest BCUT2D eigenvalue weighted by Crippen LogP contribution is 2.01. The van der Waals surface area contributed by atoms with Gasteiger partial charge in [-0.25, -0.2) is 0 Å². The van der Waals surface area contributed by atoms with Gasteiger partial charge >= 0.3 is 0 Å². The monoisotopic (exact) mass is 128 g/mol. The van der Waals surface area contributed by atoms with E-state index in [1.807, 2.05) is 12.1 Å². The molecule has 0 heterocycles. The number of hydrazone groups is 1. The van der Waals surface area contributed by atoms with Crippen LogP contribution < -0.4 is 0 Å². The van der Waals surface area contributed by atoms with E-state index < -0.39 is 0 Å². The maximum absolute atomic E-state index is 3.76. The Kier molecular flexibility index (Phi) is 4.10. The van der Waals surface area contributed by atoms with E-state index in [1.165, 1.54) is 6.42 Å². The number of hydrogen-bond acceptors (Lipinski definition) is 2. The first kappa shape index (κ1) is 8.47. The molecule has 0 rings (SSSR count). The van der Waals surface area contributed by atoms with E-state index in [0.29, 0.717) is 0 Å². The number of hydrogen-bond donors (Lipinski definition) is 0. The van der Waals surface area contributed by atoms with Crippen molar-refractivity contribution in [1.29, 1.82) is 0 Å². The van der Waals surface area contributed by atoms with E-state index >= 15 is 0 Å². The van der Waals surface area contributed by atoms with Gasteiger partial charge in [0.1, 0.15) is 0 Å². The van der Waals surface area contributed by atoms with Gasteiger partial charge in [-0.1, -0.05) is 20.3 Å². The minimum atomic E-state index is 0.723. The van der Waals surface area contributed by atoms with Crippen LogP contribution in [0.2, 0.25) is 0 Å². The minimum Gasteiger partial charge on any atom is -0.300 e. The molecule has 0 aromatic carbocycles. The molecule has 0 aromatic heterocycles. The molecule has 1 atom stereocenters. The lowest BCUT2D eigenvalue weighted by Gasteiger charge is -2.15. The second-order valence-electron chi connectivity index (χ2n) is 2.50. The molecule has 0 aromatic rings. The third-order valence-corrected chi connectivity index (χ3v) is 1.51. The molecule has 0 radical (unpaired) electrons. The first-order chi connectivity index (χ1) is 4.20. The summed E-state index contributed by atoms with van der Waals surface area (Å²) < 4.78 is 0. The molecule has 54 valence electrons. The van der Waals surface area contributed by atoms with Crippen molar-refractivity contribution in [3.63, 3.8) is 0 Å². The molecule has 0 aliphatic carbocycles. The predicted octanol–water partition coefficient (Wildman–Crippen LogP) is 1.58. The molecule has 0 aliphatic heterocycles. The molecule has 0 amide bonds. The van der Waals surface area contributed by atoms with Crippen LogP contribution >= 0.6 is 0 Å². The Bertz CT molecular complexity index is 81.0. The molecule has 0 saturated heterocycles. The molecular weight excluding hydrogens is 112 g/mol. The van der Waals surface area contributed by atoms with Crippen LogP contribution in [0.5, 0.6) is 0 Å². The minimum absolute atomic E-state index is 0.723. The van der Waals surface area contributed by atoms with Crippen LogP contribution in [0.1, 0.15) is 20.3 Å². The van der Waals surface area contributed by atoms with Crippen molar-refractivity contribution < 1.29 is 0 Å². The second kappa shape index (κ2) is 4.36. The van der Waals surface area contributed by atoms with Gasteiger partial charge < -0.3 is 5.01 Å². The van der Waals surface area contributed by atoms with Crippen molar-refractivity contribution in [2.45, 2.75) is 20.3 Å². The Labute approximate surface area is 57.6 Å². The van der Waals surface area contributed by atoms with Crippen LogP contribution in [0, 0.1) is 5.92 Å². The molecular formula is C7H16N2. The van der Waals surface area contributed by atoms with Crippen molar-refractivity contribution in [2.24, 2.45) is 11.0 Å². The van der Waals surface area contributed by atoms with Crippen LogP contribution in [0.25, 0.3) is 0 Å². The van der Waals surface area contributed by atoms with Crippen molar-refractivity contribution >= 4 is 6.72 Å². The molecule has 1 unspecified atom stereocenters. The fourth-order valence-corrected chi connectivity index (χ4v) is 0.638. The second-order valence-corrected chi connectivity index (χ2v) is 2.50. The van der Waals surface area contributed by atoms with Gasteiger partial charge in [-0.3, -0.25) is 0 Å². The average Bonchev–Trinajstić information content (AvgIpc) is 1.87. The van der Waals surface area contributed by atoms with Gasteiger partial charge in [-0.15, -0.1) is 0 Å². The molecule has 2 nitrogen and oxygen atoms in total. The topological polar surface area (TPSA) is 15.6 Å². The summed E-state index contributed by atoms with van der Waals surface area (Å²) in [7, 11) is 1.94. The summed E-state index contributed by atoms with van der Waals surface area (Å²) in [6.07, 6.45) is 1.21. The average molecular weight is 128 g/mol. The summed E-state index contributed by atoms with van der Waals surface area (Å²) in [5, 5.41) is 5.63. The normalized spacial score (nSPS) is 12.8. The smallest absolute Gasteiger partial charge is 0.0382 e. The highest BCUT2D eigenvalue weighted by molar-refractivity contribution is 5.22. The van der Waals surface area contributed by atoms with Gasteiger partial charge in [0, 0.05) is 20.3 Å². The zero-order valence-electron chi connectivity index (χ0n) is 6.59. The van der Waals surface area contributed by atoms with Gasteiger partial charge in [0.05, 0.1) is 0 Å². The lowest BCUT2D eigenvalue weighted by molar-refractivity contribution is 0.297. The van der Waals surface area contributed by atoms with Crippen LogP contribution in [0.4, 0.5) is 0 Å². The van der Waals surface area contributed by atoms with E-state index in [2.05, 4.69) is 25.7 Å². The Morgan fingerprint density at radius 1 is 1.67 bits per heavy atom. The van der Waals surface area contributed by atoms with Gasteiger partial charge in [0.15, 0.2) is 0 Å². The fraction of sp³-hybridized carbons (Fsp3) is 0.857. The molecule has 2 heteroatoms. The van der Waals surface area contributed by atoms with Crippen LogP contribution in [-0.4, -0.2) is 25.3 Å². The van der Waals surface area contributed by atoms with E-state index in [0.717, 1.165) is 12.5 Å². The van der Waals surface area contributed by atoms with Gasteiger partial charge in [-0.2, -0.15) is 5.10 Å². The zero-order valence-corrected chi connectivity index (χ0v) is 6.59. The summed E-state index contributed by atoms with van der Waals surface area (Å²) in [6.45, 7) is 8.83. The van der Waals surface area contributed by atoms with Crippen molar-refractivity contribution in [1.82, 2.24) is 5.01 Å². The van der Waals surface area contributed by atoms with Crippen LogP contribution in [-0.2, 0) is 0 Å². The lowest BCUT2D eigenvalue weighted by atomic mass is 10.1. The Hall–Kier alpha value is -0.530. The molecule has 9 heavy (non-hydrogen) atoms. The SMILES string of the molecule is C=NN(C)CC(C)CC. The summed E-state index contributed by atoms with van der Waals surface area (Å²) in [6, 6.07) is 0. The Morgan fingerprint density at radius 2 is 2.22 bits per heavy atom. The summed E-state index contributed by atoms with van der Waals surface area (Å²) >= 11 is 0. The quantitative estimate of drug-likeness (QED) is 0.414. The molecule has 0 N–H and O–H groups in total. The largest absolute Gasteiger partial charge is 0.300 e.